The Kier molecular flexibility index (Phi) is 4.43. The summed E-state index contributed by atoms with van der Waals surface area (Å²) >= 11 is 0. The summed E-state index contributed by atoms with van der Waals surface area (Å²) < 4.78 is 60.1. The van der Waals surface area contributed by atoms with E-state index in [9.17, 15) is 22.4 Å². The first-order valence-electron chi connectivity index (χ1n) is 7.08. The Balaban J connectivity index is 2.22. The highest BCUT2D eigenvalue weighted by Gasteiger charge is 2.59. The number of ether oxygens (including phenoxy) is 1. The third kappa shape index (κ3) is 2.80. The number of esters is 1. The van der Waals surface area contributed by atoms with Gasteiger partial charge in [0.25, 0.3) is 0 Å². The first-order valence-corrected chi connectivity index (χ1v) is 7.08. The monoisotopic (exact) mass is 328 g/mol. The van der Waals surface area contributed by atoms with Crippen LogP contribution in [0.15, 0.2) is 0 Å². The molecule has 1 aliphatic carbocycles. The lowest BCUT2D eigenvalue weighted by molar-refractivity contribution is -0.147. The number of carbonyl (C=O) groups excluding carboxylic acids is 1. The number of halogens is 4. The molecule has 23 heavy (non-hydrogen) atoms. The van der Waals surface area contributed by atoms with Crippen molar-refractivity contribution in [3.8, 4) is 12.3 Å². The molecule has 0 saturated heterocycles. The zero-order valence-corrected chi connectivity index (χ0v) is 13.0. The van der Waals surface area contributed by atoms with Gasteiger partial charge in [-0.2, -0.15) is 0 Å². The van der Waals surface area contributed by atoms with Gasteiger partial charge in [-0.3, -0.25) is 4.79 Å². The Morgan fingerprint density at radius 3 is 1.96 bits per heavy atom. The summed E-state index contributed by atoms with van der Waals surface area (Å²) in [6, 6.07) is 0. The molecule has 0 N–H and O–H groups in total. The van der Waals surface area contributed by atoms with E-state index in [1.807, 2.05) is 26.7 Å². The van der Waals surface area contributed by atoms with Crippen molar-refractivity contribution in [2.24, 2.45) is 17.3 Å². The second-order valence-electron chi connectivity index (χ2n) is 6.29. The van der Waals surface area contributed by atoms with Crippen molar-refractivity contribution >= 4 is 5.97 Å². The van der Waals surface area contributed by atoms with Crippen LogP contribution in [0.2, 0.25) is 0 Å². The van der Waals surface area contributed by atoms with E-state index in [2.05, 4.69) is 0 Å². The van der Waals surface area contributed by atoms with Crippen molar-refractivity contribution in [2.75, 3.05) is 0 Å². The molecule has 0 radical (unpaired) electrons. The summed E-state index contributed by atoms with van der Waals surface area (Å²) in [5.41, 5.74) is -2.07. The standard InChI is InChI=1S/C17H16F4O2/c1-5-6-9-12(18)14(20)10(15(21)13(9)19)7-23-16(22)11-8(2)17(11,3)4/h1,8,11H,6-7H2,2-4H3. The third-order valence-electron chi connectivity index (χ3n) is 4.70. The maximum Gasteiger partial charge on any atom is 0.310 e. The molecule has 1 aromatic rings. The molecule has 0 amide bonds. The lowest BCUT2D eigenvalue weighted by Crippen LogP contribution is -2.14. The Bertz CT molecular complexity index is 675. The lowest BCUT2D eigenvalue weighted by atomic mass is 10.1. The minimum absolute atomic E-state index is 0.0659. The van der Waals surface area contributed by atoms with Crippen LogP contribution in [0.4, 0.5) is 17.6 Å². The fourth-order valence-electron chi connectivity index (χ4n) is 2.74. The van der Waals surface area contributed by atoms with Gasteiger partial charge in [-0.15, -0.1) is 12.3 Å². The molecule has 1 fully saturated rings. The zero-order chi connectivity index (χ0) is 17.5. The molecule has 6 heteroatoms. The predicted octanol–water partition coefficient (Wildman–Crippen LogP) is 3.75. The van der Waals surface area contributed by atoms with Gasteiger partial charge in [0.2, 0.25) is 0 Å². The number of benzene rings is 1. The Morgan fingerprint density at radius 2 is 1.57 bits per heavy atom. The molecule has 2 atom stereocenters. The van der Waals surface area contributed by atoms with Gasteiger partial charge < -0.3 is 4.74 Å². The number of hydrogen-bond donors (Lipinski definition) is 0. The van der Waals surface area contributed by atoms with E-state index in [0.29, 0.717) is 0 Å². The molecule has 2 nitrogen and oxygen atoms in total. The van der Waals surface area contributed by atoms with E-state index in [4.69, 9.17) is 11.2 Å². The van der Waals surface area contributed by atoms with Gasteiger partial charge in [0, 0.05) is 12.0 Å². The molecule has 1 saturated carbocycles. The normalized spacial score (nSPS) is 21.7. The second-order valence-corrected chi connectivity index (χ2v) is 6.29. The molecule has 0 heterocycles. The third-order valence-corrected chi connectivity index (χ3v) is 4.70. The highest BCUT2D eigenvalue weighted by molar-refractivity contribution is 5.77. The van der Waals surface area contributed by atoms with Crippen LogP contribution in [0.3, 0.4) is 0 Å². The molecule has 0 aromatic heterocycles. The van der Waals surface area contributed by atoms with Crippen molar-refractivity contribution in [2.45, 2.75) is 33.8 Å². The van der Waals surface area contributed by atoms with Crippen molar-refractivity contribution in [3.05, 3.63) is 34.4 Å². The summed E-state index contributed by atoms with van der Waals surface area (Å²) in [4.78, 5) is 11.9. The minimum Gasteiger partial charge on any atom is -0.460 e. The molecule has 1 aromatic carbocycles. The average molecular weight is 328 g/mol. The van der Waals surface area contributed by atoms with Crippen LogP contribution in [0.25, 0.3) is 0 Å². The van der Waals surface area contributed by atoms with E-state index >= 15 is 0 Å². The van der Waals surface area contributed by atoms with E-state index in [0.717, 1.165) is 0 Å². The van der Waals surface area contributed by atoms with Gasteiger partial charge in [-0.05, 0) is 11.3 Å². The van der Waals surface area contributed by atoms with Crippen LogP contribution in [0.1, 0.15) is 31.9 Å². The number of carbonyl (C=O) groups is 1. The van der Waals surface area contributed by atoms with Gasteiger partial charge in [-0.25, -0.2) is 17.6 Å². The van der Waals surface area contributed by atoms with Crippen molar-refractivity contribution in [1.82, 2.24) is 0 Å². The zero-order valence-electron chi connectivity index (χ0n) is 13.0. The molecule has 124 valence electrons. The minimum atomic E-state index is -1.59. The Morgan fingerprint density at radius 1 is 1.13 bits per heavy atom. The number of terminal acetylenes is 1. The molecule has 0 bridgehead atoms. The van der Waals surface area contributed by atoms with Gasteiger partial charge in [-0.1, -0.05) is 20.8 Å². The van der Waals surface area contributed by atoms with Gasteiger partial charge in [0.15, 0.2) is 23.3 Å². The predicted molar refractivity (Wildman–Crippen MR) is 75.0 cm³/mol. The van der Waals surface area contributed by atoms with Gasteiger partial charge in [0.05, 0.1) is 11.5 Å². The van der Waals surface area contributed by atoms with Gasteiger partial charge in [0.1, 0.15) is 6.61 Å². The number of rotatable bonds is 4. The van der Waals surface area contributed by atoms with E-state index in [1.165, 1.54) is 0 Å². The maximum atomic E-state index is 13.9. The molecule has 2 rings (SSSR count). The second kappa shape index (κ2) is 5.88. The first kappa shape index (κ1) is 17.3. The topological polar surface area (TPSA) is 26.3 Å². The summed E-state index contributed by atoms with van der Waals surface area (Å²) in [7, 11) is 0. The fraction of sp³-hybridized carbons (Fsp3) is 0.471. The van der Waals surface area contributed by atoms with Crippen LogP contribution in [-0.2, 0) is 22.6 Å². The SMILES string of the molecule is C#CCc1c(F)c(F)c(COC(=O)C2C(C)C2(C)C)c(F)c1F. The van der Waals surface area contributed by atoms with Crippen LogP contribution < -0.4 is 0 Å². The highest BCUT2D eigenvalue weighted by atomic mass is 19.2. The van der Waals surface area contributed by atoms with E-state index in [1.54, 1.807) is 0 Å². The molecule has 0 aliphatic heterocycles. The first-order chi connectivity index (χ1) is 10.6. The Labute approximate surface area is 131 Å². The van der Waals surface area contributed by atoms with E-state index in [-0.39, 0.29) is 11.3 Å². The van der Waals surface area contributed by atoms with Crippen molar-refractivity contribution < 1.29 is 27.1 Å². The van der Waals surface area contributed by atoms with Gasteiger partial charge >= 0.3 is 5.97 Å². The summed E-state index contributed by atoms with van der Waals surface area (Å²) in [6.45, 7) is 4.69. The molecular formula is C17H16F4O2. The maximum absolute atomic E-state index is 13.9. The molecule has 2 unspecified atom stereocenters. The quantitative estimate of drug-likeness (QED) is 0.364. The lowest BCUT2D eigenvalue weighted by Gasteiger charge is -2.11. The number of hydrogen-bond acceptors (Lipinski definition) is 2. The van der Waals surface area contributed by atoms with Crippen LogP contribution in [0.5, 0.6) is 0 Å². The summed E-state index contributed by atoms with van der Waals surface area (Å²) in [5.74, 6) is -5.36. The summed E-state index contributed by atoms with van der Waals surface area (Å²) in [5, 5.41) is 0. The molecule has 0 spiro atoms. The van der Waals surface area contributed by atoms with Crippen LogP contribution >= 0.6 is 0 Å². The van der Waals surface area contributed by atoms with Crippen LogP contribution in [0, 0.1) is 52.9 Å². The van der Waals surface area contributed by atoms with Crippen molar-refractivity contribution in [3.63, 3.8) is 0 Å². The molecular weight excluding hydrogens is 312 g/mol. The Hall–Kier alpha value is -2.03. The van der Waals surface area contributed by atoms with E-state index < -0.39 is 59.3 Å². The van der Waals surface area contributed by atoms with Crippen molar-refractivity contribution in [1.29, 1.82) is 0 Å². The van der Waals surface area contributed by atoms with Crippen LogP contribution in [-0.4, -0.2) is 5.97 Å². The smallest absolute Gasteiger partial charge is 0.310 e. The summed E-state index contributed by atoms with van der Waals surface area (Å²) in [6.07, 6.45) is 4.33. The highest BCUT2D eigenvalue weighted by Crippen LogP contribution is 2.58. The average Bonchev–Trinajstić information content (AvgIpc) is 2.99. The largest absolute Gasteiger partial charge is 0.460 e. The fourth-order valence-corrected chi connectivity index (χ4v) is 2.74. The molecule has 1 aliphatic rings.